The number of allylic oxidation sites excluding steroid dienone is 4. The molecule has 1 N–H and O–H groups in total. The summed E-state index contributed by atoms with van der Waals surface area (Å²) in [6, 6.07) is 0. The molecule has 0 bridgehead atoms. The first kappa shape index (κ1) is 7.55. The Labute approximate surface area is 62.8 Å². The van der Waals surface area contributed by atoms with Gasteiger partial charge in [-0.05, 0) is 25.4 Å². The zero-order valence-electron chi connectivity index (χ0n) is 6.51. The van der Waals surface area contributed by atoms with Gasteiger partial charge in [0.05, 0.1) is 0 Å². The van der Waals surface area contributed by atoms with Gasteiger partial charge in [0.25, 0.3) is 0 Å². The molecule has 0 saturated carbocycles. The number of hydrogen-bond donors (Lipinski definition) is 1. The SMILES string of the molecule is CCNCCC1C=CC=C1. The molecule has 1 aliphatic rings. The molecular formula is C9H15N. The van der Waals surface area contributed by atoms with Crippen molar-refractivity contribution < 1.29 is 0 Å². The first-order valence-electron chi connectivity index (χ1n) is 3.99. The first-order chi connectivity index (χ1) is 4.93. The smallest absolute Gasteiger partial charge is 0.00352 e. The molecule has 0 saturated heterocycles. The molecule has 0 heterocycles. The third kappa shape index (κ3) is 2.36. The third-order valence-electron chi connectivity index (χ3n) is 1.73. The first-order valence-corrected chi connectivity index (χ1v) is 3.99. The van der Waals surface area contributed by atoms with Gasteiger partial charge in [-0.3, -0.25) is 0 Å². The van der Waals surface area contributed by atoms with E-state index in [-0.39, 0.29) is 0 Å². The minimum Gasteiger partial charge on any atom is -0.317 e. The molecule has 0 spiro atoms. The zero-order chi connectivity index (χ0) is 7.23. The van der Waals surface area contributed by atoms with Gasteiger partial charge < -0.3 is 5.32 Å². The van der Waals surface area contributed by atoms with Crippen LogP contribution in [0.15, 0.2) is 24.3 Å². The van der Waals surface area contributed by atoms with E-state index in [1.165, 1.54) is 6.42 Å². The Balaban J connectivity index is 2.03. The lowest BCUT2D eigenvalue weighted by molar-refractivity contribution is 0.625. The van der Waals surface area contributed by atoms with Gasteiger partial charge in [0.2, 0.25) is 0 Å². The summed E-state index contributed by atoms with van der Waals surface area (Å²) >= 11 is 0. The van der Waals surface area contributed by atoms with Gasteiger partial charge in [-0.15, -0.1) is 0 Å². The van der Waals surface area contributed by atoms with Crippen LogP contribution in [0.5, 0.6) is 0 Å². The highest BCUT2D eigenvalue weighted by Crippen LogP contribution is 2.11. The van der Waals surface area contributed by atoms with E-state index in [0.717, 1.165) is 13.1 Å². The van der Waals surface area contributed by atoms with Crippen molar-refractivity contribution >= 4 is 0 Å². The van der Waals surface area contributed by atoms with E-state index in [1.54, 1.807) is 0 Å². The summed E-state index contributed by atoms with van der Waals surface area (Å²) in [5, 5.41) is 3.31. The van der Waals surface area contributed by atoms with Crippen molar-refractivity contribution in [1.29, 1.82) is 0 Å². The van der Waals surface area contributed by atoms with Gasteiger partial charge in [-0.1, -0.05) is 31.2 Å². The Morgan fingerprint density at radius 2 is 2.00 bits per heavy atom. The van der Waals surface area contributed by atoms with Crippen LogP contribution in [0.3, 0.4) is 0 Å². The topological polar surface area (TPSA) is 12.0 Å². The second kappa shape index (κ2) is 4.29. The minimum atomic E-state index is 0.694. The standard InChI is InChI=1S/C9H15N/c1-2-10-8-7-9-5-3-4-6-9/h3-6,9-10H,2,7-8H2,1H3. The van der Waals surface area contributed by atoms with Crippen molar-refractivity contribution in [3.8, 4) is 0 Å². The molecule has 0 unspecified atom stereocenters. The Kier molecular flexibility index (Phi) is 3.23. The maximum absolute atomic E-state index is 3.31. The Morgan fingerprint density at radius 1 is 1.30 bits per heavy atom. The van der Waals surface area contributed by atoms with Crippen LogP contribution in [0, 0.1) is 5.92 Å². The van der Waals surface area contributed by atoms with Crippen molar-refractivity contribution in [2.45, 2.75) is 13.3 Å². The van der Waals surface area contributed by atoms with Crippen LogP contribution in [0.4, 0.5) is 0 Å². The van der Waals surface area contributed by atoms with Gasteiger partial charge in [0.1, 0.15) is 0 Å². The van der Waals surface area contributed by atoms with Crippen LogP contribution in [-0.2, 0) is 0 Å². The van der Waals surface area contributed by atoms with E-state index in [1.807, 2.05) is 0 Å². The second-order valence-corrected chi connectivity index (χ2v) is 2.58. The van der Waals surface area contributed by atoms with E-state index in [4.69, 9.17) is 0 Å². The molecule has 1 rings (SSSR count). The summed E-state index contributed by atoms with van der Waals surface area (Å²) in [5.41, 5.74) is 0. The lowest BCUT2D eigenvalue weighted by Crippen LogP contribution is -2.15. The summed E-state index contributed by atoms with van der Waals surface area (Å²) in [4.78, 5) is 0. The van der Waals surface area contributed by atoms with Crippen molar-refractivity contribution in [2.75, 3.05) is 13.1 Å². The predicted octanol–water partition coefficient (Wildman–Crippen LogP) is 1.73. The van der Waals surface area contributed by atoms with Crippen molar-refractivity contribution in [3.05, 3.63) is 24.3 Å². The third-order valence-corrected chi connectivity index (χ3v) is 1.73. The average molecular weight is 137 g/mol. The monoisotopic (exact) mass is 137 g/mol. The molecule has 0 atom stereocenters. The summed E-state index contributed by atoms with van der Waals surface area (Å²) in [7, 11) is 0. The summed E-state index contributed by atoms with van der Waals surface area (Å²) in [6.07, 6.45) is 9.97. The van der Waals surface area contributed by atoms with Crippen LogP contribution in [-0.4, -0.2) is 13.1 Å². The molecule has 1 heteroatoms. The van der Waals surface area contributed by atoms with Gasteiger partial charge in [0, 0.05) is 0 Å². The van der Waals surface area contributed by atoms with Gasteiger partial charge >= 0.3 is 0 Å². The lowest BCUT2D eigenvalue weighted by atomic mass is 10.1. The summed E-state index contributed by atoms with van der Waals surface area (Å²) < 4.78 is 0. The maximum atomic E-state index is 3.31. The fraction of sp³-hybridized carbons (Fsp3) is 0.556. The second-order valence-electron chi connectivity index (χ2n) is 2.58. The summed E-state index contributed by atoms with van der Waals surface area (Å²) in [6.45, 7) is 4.36. The van der Waals surface area contributed by atoms with E-state index >= 15 is 0 Å². The highest BCUT2D eigenvalue weighted by molar-refractivity contribution is 5.17. The Bertz CT molecular complexity index is 124. The van der Waals surface area contributed by atoms with E-state index in [9.17, 15) is 0 Å². The average Bonchev–Trinajstić information content (AvgIpc) is 2.41. The fourth-order valence-corrected chi connectivity index (χ4v) is 1.12. The van der Waals surface area contributed by atoms with Crippen molar-refractivity contribution in [2.24, 2.45) is 5.92 Å². The van der Waals surface area contributed by atoms with Crippen LogP contribution in [0.1, 0.15) is 13.3 Å². The quantitative estimate of drug-likeness (QED) is 0.582. The van der Waals surface area contributed by atoms with Gasteiger partial charge in [0.15, 0.2) is 0 Å². The normalized spacial score (nSPS) is 16.9. The maximum Gasteiger partial charge on any atom is -0.00352 e. The molecule has 0 aromatic rings. The Hall–Kier alpha value is -0.560. The van der Waals surface area contributed by atoms with Crippen molar-refractivity contribution in [3.63, 3.8) is 0 Å². The zero-order valence-corrected chi connectivity index (χ0v) is 6.51. The number of hydrogen-bond acceptors (Lipinski definition) is 1. The molecule has 0 aromatic carbocycles. The van der Waals surface area contributed by atoms with Crippen LogP contribution >= 0.6 is 0 Å². The molecule has 56 valence electrons. The fourth-order valence-electron chi connectivity index (χ4n) is 1.12. The van der Waals surface area contributed by atoms with Gasteiger partial charge in [-0.25, -0.2) is 0 Å². The molecule has 1 nitrogen and oxygen atoms in total. The largest absolute Gasteiger partial charge is 0.317 e. The Morgan fingerprint density at radius 3 is 2.60 bits per heavy atom. The van der Waals surface area contributed by atoms with E-state index < -0.39 is 0 Å². The lowest BCUT2D eigenvalue weighted by Gasteiger charge is -2.04. The molecule has 0 fully saturated rings. The highest BCUT2D eigenvalue weighted by Gasteiger charge is 2.00. The van der Waals surface area contributed by atoms with Crippen LogP contribution in [0.2, 0.25) is 0 Å². The predicted molar refractivity (Wildman–Crippen MR) is 44.9 cm³/mol. The molecule has 10 heavy (non-hydrogen) atoms. The number of nitrogens with one attached hydrogen (secondary N) is 1. The van der Waals surface area contributed by atoms with E-state index in [0.29, 0.717) is 5.92 Å². The molecule has 0 amide bonds. The minimum absolute atomic E-state index is 0.694. The molecule has 1 aliphatic carbocycles. The van der Waals surface area contributed by atoms with Crippen LogP contribution < -0.4 is 5.32 Å². The van der Waals surface area contributed by atoms with Crippen LogP contribution in [0.25, 0.3) is 0 Å². The summed E-state index contributed by atoms with van der Waals surface area (Å²) in [5.74, 6) is 0.694. The molecular weight excluding hydrogens is 122 g/mol. The highest BCUT2D eigenvalue weighted by atomic mass is 14.8. The van der Waals surface area contributed by atoms with Gasteiger partial charge in [-0.2, -0.15) is 0 Å². The van der Waals surface area contributed by atoms with Crippen molar-refractivity contribution in [1.82, 2.24) is 5.32 Å². The molecule has 0 aliphatic heterocycles. The number of rotatable bonds is 4. The molecule has 0 radical (unpaired) electrons. The van der Waals surface area contributed by atoms with E-state index in [2.05, 4.69) is 36.5 Å². The molecule has 0 aromatic heterocycles.